The van der Waals surface area contributed by atoms with E-state index in [4.69, 9.17) is 9.47 Å². The predicted octanol–water partition coefficient (Wildman–Crippen LogP) is 3.18. The van der Waals surface area contributed by atoms with Crippen molar-refractivity contribution in [3.63, 3.8) is 0 Å². The van der Waals surface area contributed by atoms with Crippen molar-refractivity contribution in [3.05, 3.63) is 29.8 Å². The quantitative estimate of drug-likeness (QED) is 0.733. The van der Waals surface area contributed by atoms with Crippen molar-refractivity contribution in [2.75, 3.05) is 7.11 Å². The molecule has 0 aliphatic heterocycles. The molecule has 0 aromatic heterocycles. The van der Waals surface area contributed by atoms with Crippen molar-refractivity contribution in [3.8, 4) is 5.75 Å². The van der Waals surface area contributed by atoms with Crippen molar-refractivity contribution < 1.29 is 9.47 Å². The standard InChI is InChI=1S/C12H18O2/c1-9(2)14-10(3)11-7-5-6-8-12(11)13-4/h5-10H,1-4H3. The van der Waals surface area contributed by atoms with Crippen molar-refractivity contribution in [2.45, 2.75) is 33.0 Å². The molecule has 1 aromatic rings. The SMILES string of the molecule is COc1ccccc1C(C)OC(C)C. The van der Waals surface area contributed by atoms with Gasteiger partial charge in [-0.05, 0) is 26.8 Å². The highest BCUT2D eigenvalue weighted by Gasteiger charge is 2.11. The Kier molecular flexibility index (Phi) is 3.96. The van der Waals surface area contributed by atoms with E-state index in [0.29, 0.717) is 0 Å². The zero-order valence-corrected chi connectivity index (χ0v) is 9.28. The summed E-state index contributed by atoms with van der Waals surface area (Å²) in [4.78, 5) is 0. The third kappa shape index (κ3) is 2.74. The Balaban J connectivity index is 2.82. The molecule has 78 valence electrons. The predicted molar refractivity (Wildman–Crippen MR) is 57.6 cm³/mol. The summed E-state index contributed by atoms with van der Waals surface area (Å²) in [6, 6.07) is 7.95. The van der Waals surface area contributed by atoms with Crippen LogP contribution in [0.3, 0.4) is 0 Å². The van der Waals surface area contributed by atoms with E-state index in [2.05, 4.69) is 0 Å². The van der Waals surface area contributed by atoms with Gasteiger partial charge in [-0.25, -0.2) is 0 Å². The molecule has 0 bridgehead atoms. The van der Waals surface area contributed by atoms with E-state index in [1.807, 2.05) is 45.0 Å². The van der Waals surface area contributed by atoms with Gasteiger partial charge in [0.25, 0.3) is 0 Å². The second-order valence-corrected chi connectivity index (χ2v) is 3.57. The smallest absolute Gasteiger partial charge is 0.124 e. The summed E-state index contributed by atoms with van der Waals surface area (Å²) in [5, 5.41) is 0. The minimum atomic E-state index is 0.0751. The van der Waals surface area contributed by atoms with Gasteiger partial charge >= 0.3 is 0 Å². The van der Waals surface area contributed by atoms with E-state index in [-0.39, 0.29) is 12.2 Å². The summed E-state index contributed by atoms with van der Waals surface area (Å²) >= 11 is 0. The molecule has 2 heteroatoms. The van der Waals surface area contributed by atoms with Gasteiger partial charge < -0.3 is 9.47 Å². The Morgan fingerprint density at radius 3 is 2.29 bits per heavy atom. The third-order valence-corrected chi connectivity index (χ3v) is 2.05. The average molecular weight is 194 g/mol. The van der Waals surface area contributed by atoms with Gasteiger partial charge in [-0.15, -0.1) is 0 Å². The van der Waals surface area contributed by atoms with Gasteiger partial charge in [0, 0.05) is 5.56 Å². The minimum Gasteiger partial charge on any atom is -0.496 e. The van der Waals surface area contributed by atoms with Gasteiger partial charge in [0.05, 0.1) is 19.3 Å². The molecule has 0 spiro atoms. The van der Waals surface area contributed by atoms with Crippen LogP contribution in [-0.2, 0) is 4.74 Å². The molecule has 0 aliphatic rings. The maximum atomic E-state index is 5.70. The van der Waals surface area contributed by atoms with Crippen molar-refractivity contribution >= 4 is 0 Å². The monoisotopic (exact) mass is 194 g/mol. The normalized spacial score (nSPS) is 12.9. The fourth-order valence-electron chi connectivity index (χ4n) is 1.48. The largest absolute Gasteiger partial charge is 0.496 e. The zero-order valence-electron chi connectivity index (χ0n) is 9.28. The van der Waals surface area contributed by atoms with Gasteiger partial charge in [-0.2, -0.15) is 0 Å². The molecule has 1 rings (SSSR count). The number of benzene rings is 1. The molecule has 0 saturated heterocycles. The number of hydrogen-bond donors (Lipinski definition) is 0. The number of ether oxygens (including phenoxy) is 2. The first-order valence-electron chi connectivity index (χ1n) is 4.93. The van der Waals surface area contributed by atoms with Crippen LogP contribution in [0.15, 0.2) is 24.3 Å². The Labute approximate surface area is 85.8 Å². The van der Waals surface area contributed by atoms with Gasteiger partial charge in [-0.1, -0.05) is 18.2 Å². The van der Waals surface area contributed by atoms with Crippen LogP contribution in [0.2, 0.25) is 0 Å². The lowest BCUT2D eigenvalue weighted by Gasteiger charge is -2.18. The molecule has 1 unspecified atom stereocenters. The fourth-order valence-corrected chi connectivity index (χ4v) is 1.48. The molecule has 14 heavy (non-hydrogen) atoms. The summed E-state index contributed by atoms with van der Waals surface area (Å²) in [6.45, 7) is 6.11. The van der Waals surface area contributed by atoms with E-state index in [9.17, 15) is 0 Å². The second kappa shape index (κ2) is 5.01. The number of methoxy groups -OCH3 is 1. The van der Waals surface area contributed by atoms with Gasteiger partial charge in [-0.3, -0.25) is 0 Å². The zero-order chi connectivity index (χ0) is 10.6. The Hall–Kier alpha value is -1.02. The maximum absolute atomic E-state index is 5.70. The molecule has 2 nitrogen and oxygen atoms in total. The molecule has 0 N–H and O–H groups in total. The Morgan fingerprint density at radius 1 is 1.07 bits per heavy atom. The summed E-state index contributed by atoms with van der Waals surface area (Å²) in [5.74, 6) is 0.889. The topological polar surface area (TPSA) is 18.5 Å². The number of para-hydroxylation sites is 1. The third-order valence-electron chi connectivity index (χ3n) is 2.05. The van der Waals surface area contributed by atoms with Gasteiger partial charge in [0.15, 0.2) is 0 Å². The summed E-state index contributed by atoms with van der Waals surface area (Å²) in [6.07, 6.45) is 0.307. The molecule has 0 heterocycles. The molecular formula is C12H18O2. The van der Waals surface area contributed by atoms with Crippen LogP contribution in [0, 0.1) is 0 Å². The Bertz CT molecular complexity index is 281. The first-order valence-corrected chi connectivity index (χ1v) is 4.93. The van der Waals surface area contributed by atoms with Crippen molar-refractivity contribution in [2.24, 2.45) is 0 Å². The molecule has 0 saturated carbocycles. The van der Waals surface area contributed by atoms with Crippen molar-refractivity contribution in [1.82, 2.24) is 0 Å². The lowest BCUT2D eigenvalue weighted by atomic mass is 10.1. The van der Waals surface area contributed by atoms with E-state index in [0.717, 1.165) is 11.3 Å². The van der Waals surface area contributed by atoms with Crippen LogP contribution in [0.4, 0.5) is 0 Å². The van der Waals surface area contributed by atoms with E-state index in [1.54, 1.807) is 7.11 Å². The average Bonchev–Trinajstić information content (AvgIpc) is 2.16. The van der Waals surface area contributed by atoms with Crippen LogP contribution in [0.5, 0.6) is 5.75 Å². The number of hydrogen-bond acceptors (Lipinski definition) is 2. The van der Waals surface area contributed by atoms with Gasteiger partial charge in [0.2, 0.25) is 0 Å². The fraction of sp³-hybridized carbons (Fsp3) is 0.500. The highest BCUT2D eigenvalue weighted by Crippen LogP contribution is 2.27. The van der Waals surface area contributed by atoms with E-state index >= 15 is 0 Å². The molecule has 0 fully saturated rings. The van der Waals surface area contributed by atoms with Crippen LogP contribution in [0.1, 0.15) is 32.4 Å². The van der Waals surface area contributed by atoms with E-state index in [1.165, 1.54) is 0 Å². The van der Waals surface area contributed by atoms with Crippen LogP contribution in [-0.4, -0.2) is 13.2 Å². The minimum absolute atomic E-state index is 0.0751. The molecule has 1 atom stereocenters. The summed E-state index contributed by atoms with van der Waals surface area (Å²) in [5.41, 5.74) is 1.10. The van der Waals surface area contributed by atoms with Crippen LogP contribution >= 0.6 is 0 Å². The molecular weight excluding hydrogens is 176 g/mol. The molecule has 0 aliphatic carbocycles. The van der Waals surface area contributed by atoms with E-state index < -0.39 is 0 Å². The molecule has 1 aromatic carbocycles. The van der Waals surface area contributed by atoms with Crippen LogP contribution < -0.4 is 4.74 Å². The highest BCUT2D eigenvalue weighted by atomic mass is 16.5. The lowest BCUT2D eigenvalue weighted by molar-refractivity contribution is 0.0166. The van der Waals surface area contributed by atoms with Crippen molar-refractivity contribution in [1.29, 1.82) is 0 Å². The molecule has 0 radical (unpaired) electrons. The summed E-state index contributed by atoms with van der Waals surface area (Å²) < 4.78 is 11.0. The number of rotatable bonds is 4. The highest BCUT2D eigenvalue weighted by molar-refractivity contribution is 5.34. The first-order chi connectivity index (χ1) is 6.65. The Morgan fingerprint density at radius 2 is 1.71 bits per heavy atom. The van der Waals surface area contributed by atoms with Gasteiger partial charge in [0.1, 0.15) is 5.75 Å². The lowest BCUT2D eigenvalue weighted by Crippen LogP contribution is -2.08. The maximum Gasteiger partial charge on any atom is 0.124 e. The summed E-state index contributed by atoms with van der Waals surface area (Å²) in [7, 11) is 1.68. The van der Waals surface area contributed by atoms with Crippen LogP contribution in [0.25, 0.3) is 0 Å². The second-order valence-electron chi connectivity index (χ2n) is 3.57. The first kappa shape index (κ1) is 11.1. The molecule has 0 amide bonds.